The molecule has 27 heavy (non-hydrogen) atoms. The van der Waals surface area contributed by atoms with E-state index >= 15 is 0 Å². The second-order valence-corrected chi connectivity index (χ2v) is 6.17. The molecule has 1 N–H and O–H groups in total. The first kappa shape index (κ1) is 18.3. The Morgan fingerprint density at radius 1 is 1.15 bits per heavy atom. The number of nitrogens with zero attached hydrogens (tertiary/aromatic N) is 2. The lowest BCUT2D eigenvalue weighted by atomic mass is 10.00. The maximum atomic E-state index is 11.8. The smallest absolute Gasteiger partial charge is 0.353 e. The fraction of sp³-hybridized carbons (Fsp3) is 0.182. The molecule has 0 bridgehead atoms. The summed E-state index contributed by atoms with van der Waals surface area (Å²) < 4.78 is 7.37. The van der Waals surface area contributed by atoms with Gasteiger partial charge in [-0.1, -0.05) is 49.4 Å². The lowest BCUT2D eigenvalue weighted by Crippen LogP contribution is -2.07. The number of carboxylic acid groups (broad SMARTS) is 1. The van der Waals surface area contributed by atoms with Crippen LogP contribution in [0.15, 0.2) is 54.6 Å². The molecular formula is C22H20N2O3. The maximum absolute atomic E-state index is 11.8. The molecule has 0 atom stereocenters. The number of carboxylic acids is 1. The lowest BCUT2D eigenvalue weighted by Gasteiger charge is -2.08. The standard InChI is InChI=1S/C22H20N2O3/c1-3-19-18(13-23)20(21(22(25)26)24(19)2)16-9-11-17(12-10-16)27-14-15-7-5-4-6-8-15/h4-12H,3,14H2,1-2H3,(H,25,26). The predicted octanol–water partition coefficient (Wildman–Crippen LogP) is 4.40. The second-order valence-electron chi connectivity index (χ2n) is 6.17. The Morgan fingerprint density at radius 2 is 1.81 bits per heavy atom. The average Bonchev–Trinajstić information content (AvgIpc) is 2.99. The van der Waals surface area contributed by atoms with Crippen molar-refractivity contribution in [3.8, 4) is 22.9 Å². The van der Waals surface area contributed by atoms with E-state index in [9.17, 15) is 15.2 Å². The minimum Gasteiger partial charge on any atom is -0.489 e. The van der Waals surface area contributed by atoms with E-state index in [1.807, 2.05) is 37.3 Å². The minimum absolute atomic E-state index is 0.126. The van der Waals surface area contributed by atoms with Gasteiger partial charge in [0, 0.05) is 18.3 Å². The molecule has 0 spiro atoms. The summed E-state index contributed by atoms with van der Waals surface area (Å²) in [5.74, 6) is -0.363. The SMILES string of the molecule is CCc1c(C#N)c(-c2ccc(OCc3ccccc3)cc2)c(C(=O)O)n1C. The van der Waals surface area contributed by atoms with Crippen LogP contribution < -0.4 is 4.74 Å². The highest BCUT2D eigenvalue weighted by molar-refractivity contribution is 5.97. The predicted molar refractivity (Wildman–Crippen MR) is 103 cm³/mol. The quantitative estimate of drug-likeness (QED) is 0.707. The Balaban J connectivity index is 1.93. The van der Waals surface area contributed by atoms with Gasteiger partial charge in [0.05, 0.1) is 5.56 Å². The van der Waals surface area contributed by atoms with Gasteiger partial charge in [-0.3, -0.25) is 0 Å². The number of aromatic nitrogens is 1. The Morgan fingerprint density at radius 3 is 2.37 bits per heavy atom. The number of nitriles is 1. The summed E-state index contributed by atoms with van der Waals surface area (Å²) >= 11 is 0. The van der Waals surface area contributed by atoms with E-state index in [2.05, 4.69) is 6.07 Å². The summed E-state index contributed by atoms with van der Waals surface area (Å²) in [4.78, 5) is 11.8. The van der Waals surface area contributed by atoms with Gasteiger partial charge in [-0.15, -0.1) is 0 Å². The zero-order chi connectivity index (χ0) is 19.4. The van der Waals surface area contributed by atoms with Gasteiger partial charge in [0.25, 0.3) is 0 Å². The summed E-state index contributed by atoms with van der Waals surface area (Å²) in [6, 6.07) is 19.2. The summed E-state index contributed by atoms with van der Waals surface area (Å²) in [6.45, 7) is 2.36. The van der Waals surface area contributed by atoms with E-state index in [1.54, 1.807) is 35.9 Å². The van der Waals surface area contributed by atoms with Crippen LogP contribution in [0.25, 0.3) is 11.1 Å². The van der Waals surface area contributed by atoms with Crippen molar-refractivity contribution in [3.63, 3.8) is 0 Å². The summed E-state index contributed by atoms with van der Waals surface area (Å²) in [5.41, 5.74) is 3.47. The van der Waals surface area contributed by atoms with Gasteiger partial charge >= 0.3 is 5.97 Å². The number of rotatable bonds is 6. The van der Waals surface area contributed by atoms with Crippen molar-refractivity contribution in [2.75, 3.05) is 0 Å². The molecule has 0 aliphatic heterocycles. The van der Waals surface area contributed by atoms with Crippen LogP contribution in [0.3, 0.4) is 0 Å². The number of benzene rings is 2. The van der Waals surface area contributed by atoms with Crippen molar-refractivity contribution >= 4 is 5.97 Å². The van der Waals surface area contributed by atoms with Crippen molar-refractivity contribution < 1.29 is 14.6 Å². The van der Waals surface area contributed by atoms with Gasteiger partial charge in [0.2, 0.25) is 0 Å². The van der Waals surface area contributed by atoms with Crippen LogP contribution in [-0.2, 0) is 20.1 Å². The molecule has 5 nitrogen and oxygen atoms in total. The zero-order valence-electron chi connectivity index (χ0n) is 15.3. The fourth-order valence-corrected chi connectivity index (χ4v) is 3.26. The normalized spacial score (nSPS) is 10.4. The van der Waals surface area contributed by atoms with Gasteiger partial charge in [-0.2, -0.15) is 5.26 Å². The largest absolute Gasteiger partial charge is 0.489 e. The molecule has 0 saturated heterocycles. The van der Waals surface area contributed by atoms with Crippen LogP contribution in [0.4, 0.5) is 0 Å². The molecule has 0 aliphatic carbocycles. The van der Waals surface area contributed by atoms with Crippen LogP contribution in [0.5, 0.6) is 5.75 Å². The van der Waals surface area contributed by atoms with Crippen LogP contribution in [-0.4, -0.2) is 15.6 Å². The Kier molecular flexibility index (Phi) is 5.28. The van der Waals surface area contributed by atoms with Crippen molar-refractivity contribution in [2.24, 2.45) is 7.05 Å². The number of hydrogen-bond donors (Lipinski definition) is 1. The van der Waals surface area contributed by atoms with Crippen LogP contribution in [0.2, 0.25) is 0 Å². The molecule has 0 fully saturated rings. The number of hydrogen-bond acceptors (Lipinski definition) is 3. The second kappa shape index (κ2) is 7.79. The maximum Gasteiger partial charge on any atom is 0.353 e. The first-order chi connectivity index (χ1) is 13.1. The Labute approximate surface area is 158 Å². The number of ether oxygens (including phenoxy) is 1. The van der Waals surface area contributed by atoms with E-state index in [1.165, 1.54) is 0 Å². The first-order valence-electron chi connectivity index (χ1n) is 8.68. The summed E-state index contributed by atoms with van der Waals surface area (Å²) in [7, 11) is 1.68. The van der Waals surface area contributed by atoms with E-state index in [4.69, 9.17) is 4.74 Å². The van der Waals surface area contributed by atoms with Crippen LogP contribution in [0.1, 0.15) is 34.2 Å². The van der Waals surface area contributed by atoms with Crippen LogP contribution >= 0.6 is 0 Å². The summed E-state index contributed by atoms with van der Waals surface area (Å²) in [6.07, 6.45) is 0.581. The third kappa shape index (κ3) is 3.56. The molecule has 0 aliphatic rings. The number of carbonyl (C=O) groups is 1. The number of aromatic carboxylic acids is 1. The third-order valence-electron chi connectivity index (χ3n) is 4.56. The molecular weight excluding hydrogens is 340 g/mol. The van der Waals surface area contributed by atoms with Gasteiger partial charge in [-0.25, -0.2) is 4.79 Å². The van der Waals surface area contributed by atoms with E-state index in [-0.39, 0.29) is 5.69 Å². The average molecular weight is 360 g/mol. The van der Waals surface area contributed by atoms with E-state index in [0.717, 1.165) is 5.56 Å². The van der Waals surface area contributed by atoms with Gasteiger partial charge in [0.15, 0.2) is 0 Å². The topological polar surface area (TPSA) is 75.2 Å². The molecule has 3 rings (SSSR count). The van der Waals surface area contributed by atoms with E-state index < -0.39 is 5.97 Å². The van der Waals surface area contributed by atoms with Crippen molar-refractivity contribution in [3.05, 3.63) is 77.1 Å². The highest BCUT2D eigenvalue weighted by Gasteiger charge is 2.25. The Bertz CT molecular complexity index is 997. The molecule has 5 heteroatoms. The third-order valence-corrected chi connectivity index (χ3v) is 4.56. The molecule has 0 saturated carbocycles. The highest BCUT2D eigenvalue weighted by Crippen LogP contribution is 2.33. The van der Waals surface area contributed by atoms with Gasteiger partial charge in [-0.05, 0) is 29.7 Å². The molecule has 2 aromatic carbocycles. The fourth-order valence-electron chi connectivity index (χ4n) is 3.26. The van der Waals surface area contributed by atoms with Gasteiger partial charge in [0.1, 0.15) is 24.1 Å². The minimum atomic E-state index is -1.05. The zero-order valence-corrected chi connectivity index (χ0v) is 15.3. The van der Waals surface area contributed by atoms with Crippen molar-refractivity contribution in [1.82, 2.24) is 4.57 Å². The monoisotopic (exact) mass is 360 g/mol. The molecule has 1 aromatic heterocycles. The Hall–Kier alpha value is -3.52. The lowest BCUT2D eigenvalue weighted by molar-refractivity contribution is 0.0687. The van der Waals surface area contributed by atoms with Crippen LogP contribution in [0, 0.1) is 11.3 Å². The van der Waals surface area contributed by atoms with Crippen molar-refractivity contribution in [1.29, 1.82) is 5.26 Å². The molecule has 136 valence electrons. The molecule has 0 radical (unpaired) electrons. The first-order valence-corrected chi connectivity index (χ1v) is 8.68. The van der Waals surface area contributed by atoms with Crippen molar-refractivity contribution in [2.45, 2.75) is 20.0 Å². The van der Waals surface area contributed by atoms with Gasteiger partial charge < -0.3 is 14.4 Å². The molecule has 3 aromatic rings. The van der Waals surface area contributed by atoms with E-state index in [0.29, 0.717) is 41.2 Å². The highest BCUT2D eigenvalue weighted by atomic mass is 16.5. The molecule has 0 amide bonds. The molecule has 1 heterocycles. The molecule has 0 unspecified atom stereocenters. The summed E-state index contributed by atoms with van der Waals surface area (Å²) in [5, 5.41) is 19.2.